The fraction of sp³-hybridized carbons (Fsp3) is 0.312. The summed E-state index contributed by atoms with van der Waals surface area (Å²) >= 11 is 1.58. The third-order valence-corrected chi connectivity index (χ3v) is 4.17. The quantitative estimate of drug-likeness (QED) is 0.910. The third-order valence-electron chi connectivity index (χ3n) is 3.16. The molecule has 2 nitrogen and oxygen atoms in total. The average Bonchev–Trinajstić information content (AvgIpc) is 2.38. The van der Waals surface area contributed by atoms with E-state index in [-0.39, 0.29) is 11.9 Å². The van der Waals surface area contributed by atoms with Gasteiger partial charge in [-0.25, -0.2) is 9.37 Å². The van der Waals surface area contributed by atoms with E-state index >= 15 is 0 Å². The van der Waals surface area contributed by atoms with Crippen LogP contribution in [0.5, 0.6) is 0 Å². The Balaban J connectivity index is 2.37. The lowest BCUT2D eigenvalue weighted by molar-refractivity contribution is 0.601. The fourth-order valence-corrected chi connectivity index (χ4v) is 3.22. The van der Waals surface area contributed by atoms with Crippen LogP contribution >= 0.6 is 11.8 Å². The summed E-state index contributed by atoms with van der Waals surface area (Å²) in [5, 5.41) is 4.10. The number of aromatic nitrogens is 1. The molecule has 0 radical (unpaired) electrons. The van der Waals surface area contributed by atoms with E-state index in [1.54, 1.807) is 17.8 Å². The van der Waals surface area contributed by atoms with Crippen molar-refractivity contribution in [3.05, 3.63) is 53.0 Å². The van der Waals surface area contributed by atoms with Gasteiger partial charge in [0.2, 0.25) is 0 Å². The summed E-state index contributed by atoms with van der Waals surface area (Å²) in [7, 11) is 1.87. The van der Waals surface area contributed by atoms with E-state index in [0.717, 1.165) is 21.2 Å². The molecular weight excluding hydrogens is 271 g/mol. The second-order valence-corrected chi connectivity index (χ2v) is 5.98. The molecule has 1 aromatic heterocycles. The maximum atomic E-state index is 13.5. The molecule has 1 heterocycles. The van der Waals surface area contributed by atoms with E-state index in [1.807, 2.05) is 33.0 Å². The number of benzene rings is 1. The highest BCUT2D eigenvalue weighted by molar-refractivity contribution is 7.99. The fourth-order valence-electron chi connectivity index (χ4n) is 2.08. The van der Waals surface area contributed by atoms with Gasteiger partial charge in [-0.05, 0) is 69.3 Å². The number of hydrogen-bond donors (Lipinski definition) is 1. The van der Waals surface area contributed by atoms with Crippen molar-refractivity contribution in [3.63, 3.8) is 0 Å². The topological polar surface area (TPSA) is 24.9 Å². The molecule has 0 saturated carbocycles. The van der Waals surface area contributed by atoms with Crippen LogP contribution in [0.3, 0.4) is 0 Å². The SMILES string of the molecule is CNC(C)c1cc(F)ccc1Sc1cc(C)cc(C)n1. The van der Waals surface area contributed by atoms with Gasteiger partial charge in [-0.3, -0.25) is 0 Å². The van der Waals surface area contributed by atoms with E-state index in [1.165, 1.54) is 11.6 Å². The van der Waals surface area contributed by atoms with Gasteiger partial charge >= 0.3 is 0 Å². The zero-order valence-corrected chi connectivity index (χ0v) is 13.0. The Hall–Kier alpha value is -1.39. The Bertz CT molecular complexity index is 593. The summed E-state index contributed by atoms with van der Waals surface area (Å²) in [5.41, 5.74) is 3.14. The summed E-state index contributed by atoms with van der Waals surface area (Å²) in [5.74, 6) is -0.208. The first-order valence-corrected chi connectivity index (χ1v) is 7.41. The minimum atomic E-state index is -0.208. The molecule has 0 aliphatic heterocycles. The van der Waals surface area contributed by atoms with E-state index in [2.05, 4.69) is 23.3 Å². The highest BCUT2D eigenvalue weighted by Gasteiger charge is 2.12. The molecule has 0 saturated heterocycles. The summed E-state index contributed by atoms with van der Waals surface area (Å²) < 4.78 is 13.5. The maximum Gasteiger partial charge on any atom is 0.123 e. The zero-order valence-electron chi connectivity index (χ0n) is 12.2. The minimum absolute atomic E-state index is 0.0964. The predicted molar refractivity (Wildman–Crippen MR) is 81.7 cm³/mol. The molecule has 20 heavy (non-hydrogen) atoms. The lowest BCUT2D eigenvalue weighted by atomic mass is 10.1. The standard InChI is InChI=1S/C16H19FN2S/c1-10-7-11(2)19-16(8-10)20-15-6-5-13(17)9-14(15)12(3)18-4/h5-9,12,18H,1-4H3. The van der Waals surface area contributed by atoms with Gasteiger partial charge in [0.05, 0.1) is 0 Å². The molecule has 2 rings (SSSR count). The van der Waals surface area contributed by atoms with Crippen molar-refractivity contribution in [3.8, 4) is 0 Å². The number of nitrogens with one attached hydrogen (secondary N) is 1. The van der Waals surface area contributed by atoms with Crippen LogP contribution in [0.15, 0.2) is 40.3 Å². The Kier molecular flexibility index (Phi) is 4.78. The number of rotatable bonds is 4. The van der Waals surface area contributed by atoms with Crippen LogP contribution in [-0.4, -0.2) is 12.0 Å². The van der Waals surface area contributed by atoms with Crippen molar-refractivity contribution in [1.29, 1.82) is 0 Å². The summed E-state index contributed by atoms with van der Waals surface area (Å²) in [6.45, 7) is 6.06. The molecule has 1 atom stereocenters. The van der Waals surface area contributed by atoms with Gasteiger partial charge in [0.15, 0.2) is 0 Å². The van der Waals surface area contributed by atoms with Crippen LogP contribution in [0.25, 0.3) is 0 Å². The molecular formula is C16H19FN2S. The van der Waals surface area contributed by atoms with Gasteiger partial charge in [-0.15, -0.1) is 0 Å². The van der Waals surface area contributed by atoms with Crippen molar-refractivity contribution in [2.75, 3.05) is 7.05 Å². The second-order valence-electron chi connectivity index (χ2n) is 4.92. The van der Waals surface area contributed by atoms with Gasteiger partial charge in [-0.2, -0.15) is 0 Å². The Labute approximate surface area is 123 Å². The molecule has 0 fully saturated rings. The Morgan fingerprint density at radius 1 is 1.20 bits per heavy atom. The molecule has 0 amide bonds. The van der Waals surface area contributed by atoms with Crippen LogP contribution in [0.2, 0.25) is 0 Å². The lowest BCUT2D eigenvalue weighted by Gasteiger charge is -2.15. The first-order chi connectivity index (χ1) is 9.49. The first-order valence-electron chi connectivity index (χ1n) is 6.59. The lowest BCUT2D eigenvalue weighted by Crippen LogP contribution is -2.13. The van der Waals surface area contributed by atoms with E-state index in [4.69, 9.17) is 0 Å². The largest absolute Gasteiger partial charge is 0.313 e. The van der Waals surface area contributed by atoms with Crippen LogP contribution in [0.4, 0.5) is 4.39 Å². The van der Waals surface area contributed by atoms with Crippen molar-refractivity contribution >= 4 is 11.8 Å². The number of pyridine rings is 1. The first kappa shape index (κ1) is 15.0. The number of halogens is 1. The molecule has 2 aromatic rings. The highest BCUT2D eigenvalue weighted by Crippen LogP contribution is 2.33. The van der Waals surface area contributed by atoms with Gasteiger partial charge in [0.25, 0.3) is 0 Å². The van der Waals surface area contributed by atoms with Crippen molar-refractivity contribution < 1.29 is 4.39 Å². The van der Waals surface area contributed by atoms with Crippen LogP contribution in [-0.2, 0) is 0 Å². The second kappa shape index (κ2) is 6.37. The molecule has 4 heteroatoms. The molecule has 1 aromatic carbocycles. The van der Waals surface area contributed by atoms with Gasteiger partial charge in [0, 0.05) is 16.6 Å². The normalized spacial score (nSPS) is 12.4. The summed E-state index contributed by atoms with van der Waals surface area (Å²) in [4.78, 5) is 5.56. The zero-order chi connectivity index (χ0) is 14.7. The molecule has 0 bridgehead atoms. The predicted octanol–water partition coefficient (Wildman–Crippen LogP) is 4.27. The van der Waals surface area contributed by atoms with Gasteiger partial charge < -0.3 is 5.32 Å². The highest BCUT2D eigenvalue weighted by atomic mass is 32.2. The summed E-state index contributed by atoms with van der Waals surface area (Å²) in [6, 6.07) is 9.10. The summed E-state index contributed by atoms with van der Waals surface area (Å²) in [6.07, 6.45) is 0. The number of aryl methyl sites for hydroxylation is 2. The molecule has 0 aliphatic rings. The van der Waals surface area contributed by atoms with Crippen LogP contribution in [0.1, 0.15) is 29.8 Å². The van der Waals surface area contributed by atoms with Crippen LogP contribution < -0.4 is 5.32 Å². The number of nitrogens with zero attached hydrogens (tertiary/aromatic N) is 1. The Morgan fingerprint density at radius 3 is 2.60 bits per heavy atom. The van der Waals surface area contributed by atoms with E-state index < -0.39 is 0 Å². The monoisotopic (exact) mass is 290 g/mol. The van der Waals surface area contributed by atoms with Gasteiger partial charge in [0.1, 0.15) is 10.8 Å². The van der Waals surface area contributed by atoms with Crippen molar-refractivity contribution in [2.24, 2.45) is 0 Å². The third kappa shape index (κ3) is 3.58. The molecule has 1 N–H and O–H groups in total. The molecule has 0 aliphatic carbocycles. The maximum absolute atomic E-state index is 13.5. The van der Waals surface area contributed by atoms with E-state index in [0.29, 0.717) is 0 Å². The minimum Gasteiger partial charge on any atom is -0.313 e. The van der Waals surface area contributed by atoms with Crippen molar-refractivity contribution in [2.45, 2.75) is 36.7 Å². The number of hydrogen-bond acceptors (Lipinski definition) is 3. The molecule has 106 valence electrons. The smallest absolute Gasteiger partial charge is 0.123 e. The van der Waals surface area contributed by atoms with Crippen molar-refractivity contribution in [1.82, 2.24) is 10.3 Å². The van der Waals surface area contributed by atoms with Crippen LogP contribution in [0, 0.1) is 19.7 Å². The van der Waals surface area contributed by atoms with E-state index in [9.17, 15) is 4.39 Å². The molecule has 1 unspecified atom stereocenters. The average molecular weight is 290 g/mol. The Morgan fingerprint density at radius 2 is 1.95 bits per heavy atom. The molecule has 0 spiro atoms. The van der Waals surface area contributed by atoms with Gasteiger partial charge in [-0.1, -0.05) is 11.8 Å².